The monoisotopic (exact) mass is 167 g/mol. The van der Waals surface area contributed by atoms with E-state index in [2.05, 4.69) is 19.9 Å². The molecule has 68 valence electrons. The third kappa shape index (κ3) is 4.92. The molecular formula is C10H17NO. The first-order valence-electron chi connectivity index (χ1n) is 4.15. The van der Waals surface area contributed by atoms with Gasteiger partial charge in [0.25, 0.3) is 0 Å². The zero-order chi connectivity index (χ0) is 9.61. The van der Waals surface area contributed by atoms with Crippen molar-refractivity contribution < 1.29 is 5.11 Å². The summed E-state index contributed by atoms with van der Waals surface area (Å²) in [4.78, 5) is 0. The minimum atomic E-state index is 0.0329. The Morgan fingerprint density at radius 3 is 2.58 bits per heavy atom. The Balaban J connectivity index is 4.00. The maximum Gasteiger partial charge on any atom is 0.0639 e. The van der Waals surface area contributed by atoms with Gasteiger partial charge >= 0.3 is 0 Å². The van der Waals surface area contributed by atoms with Crippen molar-refractivity contribution in [3.8, 4) is 6.07 Å². The second-order valence-corrected chi connectivity index (χ2v) is 3.91. The fraction of sp³-hybridized carbons (Fsp3) is 0.700. The lowest BCUT2D eigenvalue weighted by Gasteiger charge is -2.18. The number of rotatable bonds is 4. The first kappa shape index (κ1) is 11.2. The molecule has 0 atom stereocenters. The molecule has 0 aromatic heterocycles. The Bertz CT molecular complexity index is 198. The predicted molar refractivity (Wildman–Crippen MR) is 49.5 cm³/mol. The van der Waals surface area contributed by atoms with Gasteiger partial charge in [-0.2, -0.15) is 5.26 Å². The lowest BCUT2D eigenvalue weighted by molar-refractivity contribution is 0.327. The molecule has 0 bridgehead atoms. The van der Waals surface area contributed by atoms with Gasteiger partial charge in [0, 0.05) is 6.42 Å². The van der Waals surface area contributed by atoms with Crippen molar-refractivity contribution in [3.63, 3.8) is 0 Å². The molecule has 0 spiro atoms. The lowest BCUT2D eigenvalue weighted by Crippen LogP contribution is -2.08. The number of nitriles is 1. The zero-order valence-electron chi connectivity index (χ0n) is 8.09. The largest absolute Gasteiger partial charge is 0.392 e. The zero-order valence-corrected chi connectivity index (χ0v) is 8.09. The highest BCUT2D eigenvalue weighted by molar-refractivity contribution is 5.00. The number of aliphatic hydroxyl groups is 1. The maximum absolute atomic E-state index is 8.73. The van der Waals surface area contributed by atoms with Crippen molar-refractivity contribution in [2.45, 2.75) is 33.6 Å². The molecule has 0 unspecified atom stereocenters. The van der Waals surface area contributed by atoms with Crippen LogP contribution in [0.15, 0.2) is 11.6 Å². The highest BCUT2D eigenvalue weighted by atomic mass is 16.3. The van der Waals surface area contributed by atoms with E-state index in [0.717, 1.165) is 12.0 Å². The Morgan fingerprint density at radius 1 is 1.58 bits per heavy atom. The van der Waals surface area contributed by atoms with Crippen molar-refractivity contribution >= 4 is 0 Å². The molecule has 0 fully saturated rings. The topological polar surface area (TPSA) is 44.0 Å². The molecule has 0 aliphatic carbocycles. The number of aliphatic hydroxyl groups excluding tert-OH is 1. The average molecular weight is 167 g/mol. The Hall–Kier alpha value is -0.810. The van der Waals surface area contributed by atoms with Crippen LogP contribution in [0.3, 0.4) is 0 Å². The van der Waals surface area contributed by atoms with Gasteiger partial charge in [0.1, 0.15) is 0 Å². The second kappa shape index (κ2) is 4.95. The number of hydrogen-bond donors (Lipinski definition) is 1. The van der Waals surface area contributed by atoms with Crippen LogP contribution >= 0.6 is 0 Å². The number of nitrogens with zero attached hydrogens (tertiary/aromatic N) is 1. The summed E-state index contributed by atoms with van der Waals surface area (Å²) in [5, 5.41) is 17.2. The van der Waals surface area contributed by atoms with Gasteiger partial charge < -0.3 is 5.11 Å². The van der Waals surface area contributed by atoms with Crippen LogP contribution in [0.5, 0.6) is 0 Å². The van der Waals surface area contributed by atoms with Gasteiger partial charge in [0.2, 0.25) is 0 Å². The normalized spacial score (nSPS) is 12.8. The standard InChI is InChI=1S/C10H17NO/c1-9(8-12)4-5-10(2,3)6-7-11/h4,12H,5-6,8H2,1-3H3/b9-4+. The van der Waals surface area contributed by atoms with E-state index in [-0.39, 0.29) is 12.0 Å². The molecule has 0 aromatic rings. The maximum atomic E-state index is 8.73. The molecule has 0 rings (SSSR count). The molecular weight excluding hydrogens is 150 g/mol. The summed E-state index contributed by atoms with van der Waals surface area (Å²) in [6.07, 6.45) is 3.41. The van der Waals surface area contributed by atoms with Crippen molar-refractivity contribution in [2.24, 2.45) is 5.41 Å². The summed E-state index contributed by atoms with van der Waals surface area (Å²) in [5.74, 6) is 0. The van der Waals surface area contributed by atoms with Crippen LogP contribution in [0, 0.1) is 16.7 Å². The average Bonchev–Trinajstić information content (AvgIpc) is 2.00. The van der Waals surface area contributed by atoms with Crippen molar-refractivity contribution in [2.75, 3.05) is 6.61 Å². The van der Waals surface area contributed by atoms with E-state index >= 15 is 0 Å². The predicted octanol–water partition coefficient (Wildman–Crippen LogP) is 2.25. The number of hydrogen-bond acceptors (Lipinski definition) is 2. The van der Waals surface area contributed by atoms with E-state index in [1.54, 1.807) is 0 Å². The van der Waals surface area contributed by atoms with Crippen molar-refractivity contribution in [1.29, 1.82) is 5.26 Å². The second-order valence-electron chi connectivity index (χ2n) is 3.91. The molecule has 0 aromatic carbocycles. The first-order valence-corrected chi connectivity index (χ1v) is 4.15. The Labute approximate surface area is 74.5 Å². The fourth-order valence-corrected chi connectivity index (χ4v) is 0.801. The van der Waals surface area contributed by atoms with Crippen LogP contribution in [0.25, 0.3) is 0 Å². The molecule has 12 heavy (non-hydrogen) atoms. The van der Waals surface area contributed by atoms with Gasteiger partial charge in [-0.25, -0.2) is 0 Å². The minimum Gasteiger partial charge on any atom is -0.392 e. The van der Waals surface area contributed by atoms with Gasteiger partial charge in [-0.05, 0) is 18.8 Å². The van der Waals surface area contributed by atoms with Gasteiger partial charge in [-0.1, -0.05) is 25.5 Å². The summed E-state index contributed by atoms with van der Waals surface area (Å²) in [5.41, 5.74) is 1.01. The first-order chi connectivity index (χ1) is 5.52. The van der Waals surface area contributed by atoms with Crippen molar-refractivity contribution in [3.05, 3.63) is 11.6 Å². The Morgan fingerprint density at radius 2 is 2.17 bits per heavy atom. The summed E-state index contributed by atoms with van der Waals surface area (Å²) in [7, 11) is 0. The quantitative estimate of drug-likeness (QED) is 0.653. The SMILES string of the molecule is C/C(=C\CC(C)(C)CC#N)CO. The highest BCUT2D eigenvalue weighted by Gasteiger charge is 2.15. The number of allylic oxidation sites excluding steroid dienone is 1. The van der Waals surface area contributed by atoms with Gasteiger partial charge in [-0.3, -0.25) is 0 Å². The molecule has 1 N–H and O–H groups in total. The molecule has 0 aliphatic rings. The smallest absolute Gasteiger partial charge is 0.0639 e. The molecule has 2 nitrogen and oxygen atoms in total. The van der Waals surface area contributed by atoms with Crippen LogP contribution in [-0.2, 0) is 0 Å². The van der Waals surface area contributed by atoms with Crippen LogP contribution in [-0.4, -0.2) is 11.7 Å². The van der Waals surface area contributed by atoms with Crippen LogP contribution in [0.1, 0.15) is 33.6 Å². The van der Waals surface area contributed by atoms with E-state index in [1.165, 1.54) is 0 Å². The summed E-state index contributed by atoms with van der Waals surface area (Å²) in [6.45, 7) is 6.11. The minimum absolute atomic E-state index is 0.0329. The van der Waals surface area contributed by atoms with E-state index in [1.807, 2.05) is 13.0 Å². The fourth-order valence-electron chi connectivity index (χ4n) is 0.801. The van der Waals surface area contributed by atoms with Crippen LogP contribution < -0.4 is 0 Å². The molecule has 0 saturated heterocycles. The van der Waals surface area contributed by atoms with E-state index < -0.39 is 0 Å². The summed E-state index contributed by atoms with van der Waals surface area (Å²) < 4.78 is 0. The van der Waals surface area contributed by atoms with Crippen molar-refractivity contribution in [1.82, 2.24) is 0 Å². The lowest BCUT2D eigenvalue weighted by atomic mass is 9.86. The van der Waals surface area contributed by atoms with Gasteiger partial charge in [0.15, 0.2) is 0 Å². The molecule has 0 amide bonds. The molecule has 0 aliphatic heterocycles. The third-order valence-electron chi connectivity index (χ3n) is 1.81. The van der Waals surface area contributed by atoms with E-state index in [0.29, 0.717) is 6.42 Å². The Kier molecular flexibility index (Phi) is 4.61. The van der Waals surface area contributed by atoms with E-state index in [9.17, 15) is 0 Å². The summed E-state index contributed by atoms with van der Waals surface area (Å²) in [6, 6.07) is 2.16. The molecule has 0 saturated carbocycles. The van der Waals surface area contributed by atoms with Gasteiger partial charge in [-0.15, -0.1) is 0 Å². The highest BCUT2D eigenvalue weighted by Crippen LogP contribution is 2.25. The third-order valence-corrected chi connectivity index (χ3v) is 1.81. The molecule has 2 heteroatoms. The molecule has 0 heterocycles. The van der Waals surface area contributed by atoms with Crippen LogP contribution in [0.4, 0.5) is 0 Å². The molecule has 0 radical (unpaired) electrons. The van der Waals surface area contributed by atoms with Crippen LogP contribution in [0.2, 0.25) is 0 Å². The van der Waals surface area contributed by atoms with E-state index in [4.69, 9.17) is 10.4 Å². The summed E-state index contributed by atoms with van der Waals surface area (Å²) >= 11 is 0. The van der Waals surface area contributed by atoms with Gasteiger partial charge in [0.05, 0.1) is 12.7 Å².